The monoisotopic (exact) mass is 1220 g/mol. The summed E-state index contributed by atoms with van der Waals surface area (Å²) in [6.45, 7) is 4.11. The molecule has 2 unspecified atom stereocenters. The number of carbonyl (C=O) groups is 2. The van der Waals surface area contributed by atoms with Crippen LogP contribution in [0.4, 0.5) is 0 Å². The van der Waals surface area contributed by atoms with Crippen molar-refractivity contribution in [3.63, 3.8) is 0 Å². The number of phosphoric ester groups is 1. The second kappa shape index (κ2) is 65.6. The van der Waals surface area contributed by atoms with Gasteiger partial charge in [-0.2, -0.15) is 0 Å². The Morgan fingerprint density at radius 1 is 0.372 bits per heavy atom. The predicted molar refractivity (Wildman–Crippen MR) is 369 cm³/mol. The minimum atomic E-state index is -4.65. The quantitative estimate of drug-likeness (QED) is 0.0195. The molecule has 0 saturated heterocycles. The number of allylic oxidation sites excluding steroid dienone is 22. The molecule has 9 nitrogen and oxygen atoms in total. The van der Waals surface area contributed by atoms with E-state index in [-0.39, 0.29) is 32.0 Å². The van der Waals surface area contributed by atoms with Gasteiger partial charge in [0.25, 0.3) is 7.82 Å². The van der Waals surface area contributed by atoms with Crippen molar-refractivity contribution in [2.45, 2.75) is 290 Å². The maximum Gasteiger partial charge on any atom is 0.306 e. The van der Waals surface area contributed by atoms with Crippen LogP contribution in [0.15, 0.2) is 134 Å². The van der Waals surface area contributed by atoms with Gasteiger partial charge in [-0.15, -0.1) is 0 Å². The van der Waals surface area contributed by atoms with Gasteiger partial charge in [-0.25, -0.2) is 0 Å². The molecule has 0 radical (unpaired) electrons. The first-order valence-electron chi connectivity index (χ1n) is 34.9. The summed E-state index contributed by atoms with van der Waals surface area (Å²) < 4.78 is 34.3. The van der Waals surface area contributed by atoms with E-state index in [4.69, 9.17) is 18.5 Å². The molecule has 0 rings (SSSR count). The van der Waals surface area contributed by atoms with Gasteiger partial charge in [-0.05, 0) is 116 Å². The Morgan fingerprint density at radius 2 is 0.663 bits per heavy atom. The highest BCUT2D eigenvalue weighted by atomic mass is 31.2. The van der Waals surface area contributed by atoms with E-state index in [1.54, 1.807) is 0 Å². The van der Waals surface area contributed by atoms with E-state index >= 15 is 0 Å². The summed E-state index contributed by atoms with van der Waals surface area (Å²) in [5.41, 5.74) is 0. The zero-order chi connectivity index (χ0) is 62.6. The Balaban J connectivity index is 4.13. The van der Waals surface area contributed by atoms with Crippen molar-refractivity contribution >= 4 is 19.8 Å². The normalized spacial score (nSPS) is 14.0. The highest BCUT2D eigenvalue weighted by molar-refractivity contribution is 7.45. The van der Waals surface area contributed by atoms with E-state index in [0.717, 1.165) is 116 Å². The number of carbonyl (C=O) groups excluding carboxylic acids is 2. The SMILES string of the molecule is CC/C=C\C/C=C\C/C=C\C/C=C\C/C=C\C/C=C\C/C=C\C/C=C\C/C=C\CCCCCCCCCC(=O)OC(COC(=O)CCCCCCCCCCCCCCCCC/C=C\C/C=C\CCCCCCC)COP(=O)([O-])OCC[N+](C)(C)C. The first kappa shape index (κ1) is 82.1. The molecule has 492 valence electrons. The Hall–Kier alpha value is -3.85. The number of nitrogens with zero attached hydrogens (tertiary/aromatic N) is 1. The molecule has 0 fully saturated rings. The summed E-state index contributed by atoms with van der Waals surface area (Å²) in [7, 11) is 1.15. The summed E-state index contributed by atoms with van der Waals surface area (Å²) >= 11 is 0. The van der Waals surface area contributed by atoms with Crippen LogP contribution in [0, 0.1) is 0 Å². The van der Waals surface area contributed by atoms with E-state index in [0.29, 0.717) is 17.4 Å². The molecular formula is C76H130NO8P. The van der Waals surface area contributed by atoms with Crippen LogP contribution in [0.2, 0.25) is 0 Å². The lowest BCUT2D eigenvalue weighted by Gasteiger charge is -2.28. The summed E-state index contributed by atoms with van der Waals surface area (Å²) in [5, 5.41) is 0. The van der Waals surface area contributed by atoms with E-state index in [1.807, 2.05) is 21.1 Å². The molecule has 0 saturated carbocycles. The van der Waals surface area contributed by atoms with Crippen LogP contribution in [0.25, 0.3) is 0 Å². The second-order valence-electron chi connectivity index (χ2n) is 24.2. The molecule has 0 aromatic carbocycles. The van der Waals surface area contributed by atoms with Crippen LogP contribution in [0.3, 0.4) is 0 Å². The third-order valence-corrected chi connectivity index (χ3v) is 15.6. The Bertz CT molecular complexity index is 1910. The second-order valence-corrected chi connectivity index (χ2v) is 25.6. The van der Waals surface area contributed by atoms with Crippen LogP contribution in [-0.4, -0.2) is 70.0 Å². The Labute approximate surface area is 530 Å². The number of esters is 2. The van der Waals surface area contributed by atoms with Crippen LogP contribution in [0.1, 0.15) is 284 Å². The summed E-state index contributed by atoms with van der Waals surface area (Å²) in [4.78, 5) is 38.1. The van der Waals surface area contributed by atoms with Gasteiger partial charge in [0, 0.05) is 12.8 Å². The zero-order valence-electron chi connectivity index (χ0n) is 56.0. The number of quaternary nitrogens is 1. The van der Waals surface area contributed by atoms with Crippen molar-refractivity contribution < 1.29 is 42.1 Å². The summed E-state index contributed by atoms with van der Waals surface area (Å²) in [6.07, 6.45) is 95.2. The lowest BCUT2D eigenvalue weighted by Crippen LogP contribution is -2.37. The standard InChI is InChI=1S/C76H130NO8P/c1-6-8-10-12-14-16-18-20-22-24-26-28-30-32-34-35-36-37-38-39-40-41-43-45-47-49-51-53-55-57-59-61-63-65-67-69-76(79)85-74(73-84-86(80,81)83-71-70-77(3,4)5)72-82-75(78)68-66-64-62-60-58-56-54-52-50-48-46-44-42-33-31-29-27-25-23-21-19-17-15-13-11-9-7-2/h8,10,14,16,19-22,25-28,32,34,36-37,39-40,43,45,49,51,74H,6-7,9,11-13,15,17-18,23-24,29-31,33,35,38,41-42,44,46-48,50,52-73H2,1-5H3/b10-8-,16-14-,21-19-,22-20-,27-25-,28-26-,34-32-,37-36-,40-39-,45-43-,51-49-. The van der Waals surface area contributed by atoms with Crippen LogP contribution < -0.4 is 4.89 Å². The smallest absolute Gasteiger partial charge is 0.306 e. The molecule has 0 bridgehead atoms. The lowest BCUT2D eigenvalue weighted by atomic mass is 10.0. The fraction of sp³-hybridized carbons (Fsp3) is 0.684. The van der Waals surface area contributed by atoms with E-state index < -0.39 is 26.5 Å². The molecule has 0 N–H and O–H groups in total. The topological polar surface area (TPSA) is 111 Å². The van der Waals surface area contributed by atoms with Gasteiger partial charge in [-0.1, -0.05) is 289 Å². The molecule has 0 spiro atoms. The highest BCUT2D eigenvalue weighted by Gasteiger charge is 2.22. The number of ether oxygens (including phenoxy) is 2. The Morgan fingerprint density at radius 3 is 0.988 bits per heavy atom. The summed E-state index contributed by atoms with van der Waals surface area (Å²) in [6, 6.07) is 0. The fourth-order valence-corrected chi connectivity index (χ4v) is 10.1. The molecule has 2 atom stereocenters. The Kier molecular flexibility index (Phi) is 62.7. The zero-order valence-corrected chi connectivity index (χ0v) is 56.9. The predicted octanol–water partition coefficient (Wildman–Crippen LogP) is 22.2. The van der Waals surface area contributed by atoms with Gasteiger partial charge in [0.2, 0.25) is 0 Å². The molecular weight excluding hydrogens is 1090 g/mol. The summed E-state index contributed by atoms with van der Waals surface area (Å²) in [5.74, 6) is -0.847. The molecule has 0 aromatic rings. The highest BCUT2D eigenvalue weighted by Crippen LogP contribution is 2.38. The minimum Gasteiger partial charge on any atom is -0.756 e. The van der Waals surface area contributed by atoms with Crippen molar-refractivity contribution in [2.24, 2.45) is 0 Å². The van der Waals surface area contributed by atoms with Crippen molar-refractivity contribution in [3.8, 4) is 0 Å². The van der Waals surface area contributed by atoms with Gasteiger partial charge in [0.15, 0.2) is 6.10 Å². The van der Waals surface area contributed by atoms with E-state index in [2.05, 4.69) is 148 Å². The van der Waals surface area contributed by atoms with Crippen molar-refractivity contribution in [1.82, 2.24) is 0 Å². The molecule has 0 aromatic heterocycles. The largest absolute Gasteiger partial charge is 0.756 e. The average molecular weight is 1220 g/mol. The third kappa shape index (κ3) is 69.3. The molecule has 86 heavy (non-hydrogen) atoms. The molecule has 10 heteroatoms. The van der Waals surface area contributed by atoms with Gasteiger partial charge >= 0.3 is 11.9 Å². The van der Waals surface area contributed by atoms with Gasteiger partial charge in [-0.3, -0.25) is 14.2 Å². The fourth-order valence-electron chi connectivity index (χ4n) is 9.33. The molecule has 0 aliphatic carbocycles. The van der Waals surface area contributed by atoms with Crippen LogP contribution in [0.5, 0.6) is 0 Å². The first-order valence-corrected chi connectivity index (χ1v) is 36.4. The molecule has 0 heterocycles. The maximum absolute atomic E-state index is 12.9. The van der Waals surface area contributed by atoms with E-state index in [1.165, 1.54) is 135 Å². The van der Waals surface area contributed by atoms with Gasteiger partial charge in [0.05, 0.1) is 27.7 Å². The third-order valence-electron chi connectivity index (χ3n) is 14.7. The van der Waals surface area contributed by atoms with E-state index in [9.17, 15) is 19.0 Å². The van der Waals surface area contributed by atoms with Crippen molar-refractivity contribution in [3.05, 3.63) is 134 Å². The van der Waals surface area contributed by atoms with Crippen LogP contribution in [-0.2, 0) is 32.7 Å². The average Bonchev–Trinajstić information content (AvgIpc) is 3.56. The van der Waals surface area contributed by atoms with Gasteiger partial charge < -0.3 is 27.9 Å². The molecule has 0 aliphatic heterocycles. The number of unbranched alkanes of at least 4 members (excludes halogenated alkanes) is 27. The number of hydrogen-bond donors (Lipinski definition) is 0. The van der Waals surface area contributed by atoms with Crippen molar-refractivity contribution in [1.29, 1.82) is 0 Å². The lowest BCUT2D eigenvalue weighted by molar-refractivity contribution is -0.870. The van der Waals surface area contributed by atoms with Crippen molar-refractivity contribution in [2.75, 3.05) is 47.5 Å². The minimum absolute atomic E-state index is 0.0391. The first-order chi connectivity index (χ1) is 42.0. The number of phosphoric acid groups is 1. The molecule has 0 aliphatic rings. The van der Waals surface area contributed by atoms with Gasteiger partial charge in [0.1, 0.15) is 19.8 Å². The maximum atomic E-state index is 12.9. The van der Waals surface area contributed by atoms with Crippen LogP contribution >= 0.6 is 7.82 Å². The number of likely N-dealkylation sites (N-methyl/N-ethyl adjacent to an activating group) is 1. The number of rotatable bonds is 63. The number of hydrogen-bond acceptors (Lipinski definition) is 8. The molecule has 0 amide bonds.